The molecule has 1 aromatic carbocycles. The number of ether oxygens (including phenoxy) is 3. The molecule has 1 heterocycles. The number of aliphatic hydroxyl groups excluding tert-OH is 2. The quantitative estimate of drug-likeness (QED) is 0.134. The smallest absolute Gasteiger partial charge is 0.350 e. The molecular formula is C35H47BNO10. The standard InChI is InChI=1S/C35H47BNO10/c1-8-24(40)47-28(26(37-36-17-38)20-12-10-9-11-13-20)31(43)46-21-15-35(44)19(3)29-33(6)16-45-23(33)14-22(39)34(29,7)30(42)27(41)25(18(21)2)32(35,4)5/h9-13,17,19,21-23,26-29,37,39,41,44H,8,14-16H2,1-7H3/t19-,21-,22-,23+,26-,27+,28+,29+,33+,34+,35+/m0/s1. The monoisotopic (exact) mass is 652 g/mol. The number of ketones is 1. The summed E-state index contributed by atoms with van der Waals surface area (Å²) < 4.78 is 17.6. The van der Waals surface area contributed by atoms with Gasteiger partial charge in [-0.05, 0) is 42.4 Å². The highest BCUT2D eigenvalue weighted by Crippen LogP contribution is 2.66. The average Bonchev–Trinajstić information content (AvgIpc) is 3.03. The lowest BCUT2D eigenvalue weighted by Gasteiger charge is -2.68. The molecule has 5 rings (SSSR count). The Morgan fingerprint density at radius 2 is 1.83 bits per heavy atom. The lowest BCUT2D eigenvalue weighted by Crippen LogP contribution is -2.75. The van der Waals surface area contributed by atoms with Gasteiger partial charge in [-0.3, -0.25) is 9.59 Å². The molecule has 1 aromatic rings. The molecule has 255 valence electrons. The average molecular weight is 653 g/mol. The molecule has 1 aliphatic heterocycles. The van der Waals surface area contributed by atoms with Crippen molar-refractivity contribution in [2.24, 2.45) is 28.1 Å². The number of hydrogen-bond donors (Lipinski definition) is 4. The summed E-state index contributed by atoms with van der Waals surface area (Å²) in [6.07, 6.45) is -5.09. The molecule has 11 nitrogen and oxygen atoms in total. The molecule has 0 amide bonds. The third kappa shape index (κ3) is 5.31. The third-order valence-corrected chi connectivity index (χ3v) is 12.1. The normalized spacial score (nSPS) is 38.7. The summed E-state index contributed by atoms with van der Waals surface area (Å²) in [7, 11) is 1.10. The van der Waals surface area contributed by atoms with Gasteiger partial charge in [-0.1, -0.05) is 65.0 Å². The highest BCUT2D eigenvalue weighted by molar-refractivity contribution is 6.64. The maximum absolute atomic E-state index is 14.4. The topological polar surface area (TPSA) is 169 Å². The summed E-state index contributed by atoms with van der Waals surface area (Å²) in [4.78, 5) is 52.4. The van der Waals surface area contributed by atoms with Gasteiger partial charge in [0.05, 0.1) is 42.1 Å². The Hall–Kier alpha value is -2.90. The summed E-state index contributed by atoms with van der Waals surface area (Å²) in [6, 6.07) is 7.70. The molecule has 1 radical (unpaired) electrons. The van der Waals surface area contributed by atoms with Gasteiger partial charge in [-0.15, -0.1) is 0 Å². The Morgan fingerprint density at radius 1 is 1.17 bits per heavy atom. The molecule has 0 spiro atoms. The second-order valence-electron chi connectivity index (χ2n) is 14.8. The summed E-state index contributed by atoms with van der Waals surface area (Å²) in [6.45, 7) is 12.7. The molecule has 0 aromatic heterocycles. The van der Waals surface area contributed by atoms with Crippen molar-refractivity contribution in [3.05, 3.63) is 47.0 Å². The van der Waals surface area contributed by atoms with E-state index in [9.17, 15) is 34.5 Å². The SMILES string of the molecule is CCC(=O)O[C@@H](C(=O)O[C@H]1C[C@@]2(O)[C@@H](C)[C@@H]3[C@]4(C)CO[C@@H]4C[C@H](O)[C@@]3(C)C(=O)[C@H](O)C(=C1C)C2(C)C)[C@@H](N[B]C=O)c1ccccc1. The van der Waals surface area contributed by atoms with E-state index in [-0.39, 0.29) is 30.9 Å². The van der Waals surface area contributed by atoms with E-state index < -0.39 is 81.9 Å². The van der Waals surface area contributed by atoms with E-state index in [1.165, 1.54) is 0 Å². The second-order valence-corrected chi connectivity index (χ2v) is 14.8. The Balaban J connectivity index is 1.59. The summed E-state index contributed by atoms with van der Waals surface area (Å²) in [5.41, 5.74) is -3.52. The number of nitrogens with one attached hydrogen (secondary N) is 1. The highest BCUT2D eigenvalue weighted by atomic mass is 16.6. The predicted molar refractivity (Wildman–Crippen MR) is 171 cm³/mol. The zero-order valence-electron chi connectivity index (χ0n) is 28.2. The van der Waals surface area contributed by atoms with Crippen molar-refractivity contribution >= 4 is 31.3 Å². The number of Topliss-reactive ketones (excluding diaryl/α,β-unsaturated/α-hetero) is 1. The van der Waals surface area contributed by atoms with E-state index in [2.05, 4.69) is 5.23 Å². The first-order chi connectivity index (χ1) is 22.0. The molecule has 0 unspecified atom stereocenters. The number of carbonyl (C=O) groups excluding carboxylic acids is 4. The minimum atomic E-state index is -1.69. The Bertz CT molecular complexity index is 1450. The zero-order chi connectivity index (χ0) is 34.7. The maximum Gasteiger partial charge on any atom is 0.350 e. The van der Waals surface area contributed by atoms with Gasteiger partial charge >= 0.3 is 11.9 Å². The van der Waals surface area contributed by atoms with Gasteiger partial charge in [0, 0.05) is 30.1 Å². The van der Waals surface area contributed by atoms with E-state index in [0.717, 1.165) is 7.41 Å². The van der Waals surface area contributed by atoms with Gasteiger partial charge in [0.2, 0.25) is 6.10 Å². The number of fused-ring (bicyclic) bond motifs is 5. The summed E-state index contributed by atoms with van der Waals surface area (Å²) >= 11 is 0. The van der Waals surface area contributed by atoms with Gasteiger partial charge in [-0.2, -0.15) is 0 Å². The Labute approximate surface area is 276 Å². The van der Waals surface area contributed by atoms with Crippen LogP contribution in [0.1, 0.15) is 79.3 Å². The van der Waals surface area contributed by atoms with Crippen molar-refractivity contribution in [1.82, 2.24) is 5.23 Å². The Kier molecular flexibility index (Phi) is 9.44. The van der Waals surface area contributed by atoms with E-state index in [1.54, 1.807) is 65.0 Å². The van der Waals surface area contributed by atoms with Gasteiger partial charge in [0.25, 0.3) is 7.41 Å². The number of hydrogen-bond acceptors (Lipinski definition) is 11. The molecule has 3 aliphatic carbocycles. The van der Waals surface area contributed by atoms with Crippen molar-refractivity contribution in [1.29, 1.82) is 0 Å². The second kappa shape index (κ2) is 12.5. The molecule has 4 N–H and O–H groups in total. The van der Waals surface area contributed by atoms with Crippen molar-refractivity contribution in [2.45, 2.75) is 110 Å². The highest BCUT2D eigenvalue weighted by Gasteiger charge is 2.72. The van der Waals surface area contributed by atoms with E-state index in [0.29, 0.717) is 23.9 Å². The fourth-order valence-corrected chi connectivity index (χ4v) is 9.42. The lowest BCUT2D eigenvalue weighted by atomic mass is 9.40. The molecule has 1 saturated heterocycles. The molecular weight excluding hydrogens is 605 g/mol. The number of rotatable bonds is 9. The molecule has 47 heavy (non-hydrogen) atoms. The number of carbonyl (C=O) groups is 4. The van der Waals surface area contributed by atoms with Crippen LogP contribution in [0.15, 0.2) is 41.5 Å². The molecule has 3 fully saturated rings. The van der Waals surface area contributed by atoms with Crippen LogP contribution in [0.25, 0.3) is 0 Å². The van der Waals surface area contributed by atoms with Crippen LogP contribution in [0.2, 0.25) is 0 Å². The first-order valence-corrected chi connectivity index (χ1v) is 16.4. The Morgan fingerprint density at radius 3 is 2.40 bits per heavy atom. The van der Waals surface area contributed by atoms with Gasteiger partial charge < -0.3 is 39.6 Å². The number of esters is 2. The van der Waals surface area contributed by atoms with Crippen LogP contribution in [0.4, 0.5) is 0 Å². The number of aliphatic hydroxyl groups is 3. The molecule has 2 bridgehead atoms. The van der Waals surface area contributed by atoms with Crippen molar-refractivity contribution in [2.75, 3.05) is 6.61 Å². The largest absolute Gasteiger partial charge is 0.455 e. The van der Waals surface area contributed by atoms with Crippen molar-refractivity contribution < 1.29 is 48.7 Å². The maximum atomic E-state index is 14.4. The van der Waals surface area contributed by atoms with E-state index in [4.69, 9.17) is 14.2 Å². The molecule has 12 heteroatoms. The minimum Gasteiger partial charge on any atom is -0.455 e. The fourth-order valence-electron chi connectivity index (χ4n) is 9.42. The van der Waals surface area contributed by atoms with Crippen LogP contribution in [0.3, 0.4) is 0 Å². The predicted octanol–water partition coefficient (Wildman–Crippen LogP) is 2.21. The van der Waals surface area contributed by atoms with Crippen LogP contribution < -0.4 is 5.23 Å². The fraction of sp³-hybridized carbons (Fsp3) is 0.657. The lowest BCUT2D eigenvalue weighted by molar-refractivity contribution is -0.302. The van der Waals surface area contributed by atoms with Crippen LogP contribution in [0, 0.1) is 28.1 Å². The number of benzene rings is 1. The van der Waals surface area contributed by atoms with E-state index in [1.807, 2.05) is 13.8 Å². The van der Waals surface area contributed by atoms with E-state index >= 15 is 0 Å². The minimum absolute atomic E-state index is 0.0234. The van der Waals surface area contributed by atoms with Gasteiger partial charge in [0.15, 0.2) is 5.78 Å². The molecule has 2 saturated carbocycles. The van der Waals surface area contributed by atoms with Crippen LogP contribution in [-0.4, -0.2) is 89.4 Å². The summed E-state index contributed by atoms with van der Waals surface area (Å²) in [5, 5.41) is 39.1. The van der Waals surface area contributed by atoms with Crippen LogP contribution >= 0.6 is 0 Å². The molecule has 11 atom stereocenters. The molecule has 4 aliphatic rings. The first kappa shape index (κ1) is 35.4. The van der Waals surface area contributed by atoms with Crippen LogP contribution in [0.5, 0.6) is 0 Å². The third-order valence-electron chi connectivity index (χ3n) is 12.1. The summed E-state index contributed by atoms with van der Waals surface area (Å²) in [5.74, 6) is -3.34. The van der Waals surface area contributed by atoms with Crippen molar-refractivity contribution in [3.63, 3.8) is 0 Å². The van der Waals surface area contributed by atoms with Crippen LogP contribution in [-0.2, 0) is 33.4 Å². The van der Waals surface area contributed by atoms with Gasteiger partial charge in [-0.25, -0.2) is 4.79 Å². The zero-order valence-corrected chi connectivity index (χ0v) is 28.2. The first-order valence-electron chi connectivity index (χ1n) is 16.4. The van der Waals surface area contributed by atoms with Crippen molar-refractivity contribution in [3.8, 4) is 0 Å². The van der Waals surface area contributed by atoms with Gasteiger partial charge in [0.1, 0.15) is 12.2 Å².